The monoisotopic (exact) mass is 475 g/mol. The number of aromatic nitrogens is 2. The van der Waals surface area contributed by atoms with Crippen LogP contribution in [0.4, 0.5) is 5.69 Å². The minimum atomic E-state index is -1.07. The molecule has 3 rings (SSSR count). The summed E-state index contributed by atoms with van der Waals surface area (Å²) in [6, 6.07) is 12.7. The SMILES string of the molecule is COc1ccc(C)cc1NC(=O)C(C)OC(=O)c1c(C)nn(Cc2ccccc2Cl)c1Cl. The Hall–Kier alpha value is -3.03. The lowest BCUT2D eigenvalue weighted by atomic mass is 10.2. The van der Waals surface area contributed by atoms with Gasteiger partial charge in [-0.05, 0) is 50.1 Å². The van der Waals surface area contributed by atoms with Gasteiger partial charge in [-0.3, -0.25) is 4.79 Å². The smallest absolute Gasteiger partial charge is 0.343 e. The van der Waals surface area contributed by atoms with Crippen LogP contribution in [-0.4, -0.2) is 34.9 Å². The molecule has 0 spiro atoms. The van der Waals surface area contributed by atoms with Crippen molar-refractivity contribution in [1.82, 2.24) is 9.78 Å². The topological polar surface area (TPSA) is 82.4 Å². The van der Waals surface area contributed by atoms with Gasteiger partial charge in [-0.2, -0.15) is 5.10 Å². The van der Waals surface area contributed by atoms with E-state index in [0.717, 1.165) is 11.1 Å². The van der Waals surface area contributed by atoms with Gasteiger partial charge in [0.2, 0.25) is 0 Å². The highest BCUT2D eigenvalue weighted by Gasteiger charge is 2.26. The number of rotatable bonds is 7. The zero-order valence-corrected chi connectivity index (χ0v) is 19.6. The van der Waals surface area contributed by atoms with Gasteiger partial charge in [0.15, 0.2) is 6.10 Å². The number of nitrogens with zero attached hydrogens (tertiary/aromatic N) is 2. The van der Waals surface area contributed by atoms with Crippen molar-refractivity contribution in [2.75, 3.05) is 12.4 Å². The van der Waals surface area contributed by atoms with Gasteiger partial charge in [0.05, 0.1) is 25.0 Å². The van der Waals surface area contributed by atoms with Crippen LogP contribution < -0.4 is 10.1 Å². The fraction of sp³-hybridized carbons (Fsp3) is 0.261. The Morgan fingerprint density at radius 3 is 2.56 bits per heavy atom. The second-order valence-electron chi connectivity index (χ2n) is 7.24. The summed E-state index contributed by atoms with van der Waals surface area (Å²) in [6.45, 7) is 5.31. The second-order valence-corrected chi connectivity index (χ2v) is 8.01. The normalized spacial score (nSPS) is 11.7. The Morgan fingerprint density at radius 2 is 1.88 bits per heavy atom. The van der Waals surface area contributed by atoms with Gasteiger partial charge in [-0.25, -0.2) is 9.48 Å². The minimum absolute atomic E-state index is 0.103. The van der Waals surface area contributed by atoms with Crippen molar-refractivity contribution in [1.29, 1.82) is 0 Å². The molecule has 168 valence electrons. The lowest BCUT2D eigenvalue weighted by molar-refractivity contribution is -0.123. The number of halogens is 2. The number of carbonyl (C=O) groups excluding carboxylic acids is 2. The summed E-state index contributed by atoms with van der Waals surface area (Å²) in [5, 5.41) is 7.73. The first-order valence-electron chi connectivity index (χ1n) is 9.84. The predicted octanol–water partition coefficient (Wildman–Crippen LogP) is 5.05. The molecule has 32 heavy (non-hydrogen) atoms. The van der Waals surface area contributed by atoms with Gasteiger partial charge in [0.1, 0.15) is 16.5 Å². The van der Waals surface area contributed by atoms with E-state index in [4.69, 9.17) is 32.7 Å². The van der Waals surface area contributed by atoms with E-state index in [2.05, 4.69) is 10.4 Å². The number of carbonyl (C=O) groups is 2. The molecule has 3 aromatic rings. The van der Waals surface area contributed by atoms with Crippen molar-refractivity contribution in [2.45, 2.75) is 33.4 Å². The maximum atomic E-state index is 12.8. The summed E-state index contributed by atoms with van der Waals surface area (Å²) in [6.07, 6.45) is -1.07. The number of amides is 1. The van der Waals surface area contributed by atoms with Crippen LogP contribution in [0.25, 0.3) is 0 Å². The van der Waals surface area contributed by atoms with E-state index in [1.807, 2.05) is 31.2 Å². The van der Waals surface area contributed by atoms with E-state index in [9.17, 15) is 9.59 Å². The Bertz CT molecular complexity index is 1160. The summed E-state index contributed by atoms with van der Waals surface area (Å²) in [7, 11) is 1.51. The molecular formula is C23H23Cl2N3O4. The van der Waals surface area contributed by atoms with Crippen LogP contribution in [-0.2, 0) is 16.1 Å². The molecule has 7 nitrogen and oxygen atoms in total. The fourth-order valence-corrected chi connectivity index (χ4v) is 3.61. The molecule has 1 atom stereocenters. The van der Waals surface area contributed by atoms with Crippen molar-refractivity contribution in [3.8, 4) is 5.75 Å². The molecule has 0 saturated carbocycles. The first-order chi connectivity index (χ1) is 15.2. The summed E-state index contributed by atoms with van der Waals surface area (Å²) < 4.78 is 12.1. The maximum absolute atomic E-state index is 12.8. The number of hydrogen-bond acceptors (Lipinski definition) is 5. The highest BCUT2D eigenvalue weighted by atomic mass is 35.5. The predicted molar refractivity (Wildman–Crippen MR) is 124 cm³/mol. The molecule has 1 unspecified atom stereocenters. The summed E-state index contributed by atoms with van der Waals surface area (Å²) in [4.78, 5) is 25.4. The number of ether oxygens (including phenoxy) is 2. The lowest BCUT2D eigenvalue weighted by Gasteiger charge is -2.15. The van der Waals surface area contributed by atoms with Crippen molar-refractivity contribution in [3.63, 3.8) is 0 Å². The lowest BCUT2D eigenvalue weighted by Crippen LogP contribution is -2.30. The van der Waals surface area contributed by atoms with Gasteiger partial charge in [-0.1, -0.05) is 47.5 Å². The molecule has 1 heterocycles. The van der Waals surface area contributed by atoms with Gasteiger partial charge < -0.3 is 14.8 Å². The molecule has 0 fully saturated rings. The summed E-state index contributed by atoms with van der Waals surface area (Å²) in [5.74, 6) is -0.738. The third-order valence-corrected chi connectivity index (χ3v) is 5.57. The Morgan fingerprint density at radius 1 is 1.16 bits per heavy atom. The van der Waals surface area contributed by atoms with Crippen LogP contribution in [0.3, 0.4) is 0 Å². The fourth-order valence-electron chi connectivity index (χ4n) is 3.10. The number of esters is 1. The summed E-state index contributed by atoms with van der Waals surface area (Å²) in [5.41, 5.74) is 2.73. The Balaban J connectivity index is 1.73. The Labute approximate surface area is 196 Å². The van der Waals surface area contributed by atoms with E-state index in [-0.39, 0.29) is 17.3 Å². The average molecular weight is 476 g/mol. The van der Waals surface area contributed by atoms with E-state index < -0.39 is 18.0 Å². The zero-order valence-electron chi connectivity index (χ0n) is 18.1. The van der Waals surface area contributed by atoms with Gasteiger partial charge in [0.25, 0.3) is 5.91 Å². The number of hydrogen-bond donors (Lipinski definition) is 1. The number of nitrogens with one attached hydrogen (secondary N) is 1. The number of anilines is 1. The molecule has 1 N–H and O–H groups in total. The van der Waals surface area contributed by atoms with Crippen LogP contribution in [0.2, 0.25) is 10.2 Å². The van der Waals surface area contributed by atoms with E-state index in [1.54, 1.807) is 25.1 Å². The third-order valence-electron chi connectivity index (χ3n) is 4.81. The first kappa shape index (κ1) is 23.6. The molecule has 0 bridgehead atoms. The zero-order chi connectivity index (χ0) is 23.4. The molecule has 0 radical (unpaired) electrons. The number of aryl methyl sites for hydroxylation is 2. The maximum Gasteiger partial charge on any atom is 0.343 e. The molecule has 9 heteroatoms. The van der Waals surface area contributed by atoms with Gasteiger partial charge >= 0.3 is 5.97 Å². The van der Waals surface area contributed by atoms with Crippen molar-refractivity contribution >= 4 is 40.8 Å². The van der Waals surface area contributed by atoms with Crippen LogP contribution in [0.15, 0.2) is 42.5 Å². The van der Waals surface area contributed by atoms with E-state index >= 15 is 0 Å². The highest BCUT2D eigenvalue weighted by molar-refractivity contribution is 6.33. The molecule has 2 aromatic carbocycles. The third kappa shape index (κ3) is 5.23. The summed E-state index contributed by atoms with van der Waals surface area (Å²) >= 11 is 12.6. The molecule has 1 amide bonds. The second kappa shape index (κ2) is 10.1. The van der Waals surface area contributed by atoms with Crippen LogP contribution in [0, 0.1) is 13.8 Å². The first-order valence-corrected chi connectivity index (χ1v) is 10.6. The molecule has 0 aliphatic heterocycles. The van der Waals surface area contributed by atoms with Crippen molar-refractivity contribution in [2.24, 2.45) is 0 Å². The molecular weight excluding hydrogens is 453 g/mol. The van der Waals surface area contributed by atoms with Gasteiger partial charge in [0, 0.05) is 5.02 Å². The molecule has 0 aliphatic carbocycles. The van der Waals surface area contributed by atoms with E-state index in [1.165, 1.54) is 18.7 Å². The van der Waals surface area contributed by atoms with Gasteiger partial charge in [-0.15, -0.1) is 0 Å². The highest BCUT2D eigenvalue weighted by Crippen LogP contribution is 2.27. The van der Waals surface area contributed by atoms with Crippen LogP contribution in [0.1, 0.15) is 34.1 Å². The van der Waals surface area contributed by atoms with Crippen LogP contribution in [0.5, 0.6) is 5.75 Å². The van der Waals surface area contributed by atoms with Crippen molar-refractivity contribution < 1.29 is 19.1 Å². The van der Waals surface area contributed by atoms with E-state index in [0.29, 0.717) is 22.2 Å². The largest absolute Gasteiger partial charge is 0.495 e. The average Bonchev–Trinajstić information content (AvgIpc) is 3.02. The standard InChI is InChI=1S/C23H23Cl2N3O4/c1-13-9-10-19(31-4)18(11-13)26-22(29)15(3)32-23(30)20-14(2)27-28(21(20)25)12-16-7-5-6-8-17(16)24/h5-11,15H,12H2,1-4H3,(H,26,29). The molecule has 1 aromatic heterocycles. The van der Waals surface area contributed by atoms with Crippen molar-refractivity contribution in [3.05, 3.63) is 75.0 Å². The Kier molecular flexibility index (Phi) is 7.43. The quantitative estimate of drug-likeness (QED) is 0.483. The molecule has 0 saturated heterocycles. The molecule has 0 aliphatic rings. The minimum Gasteiger partial charge on any atom is -0.495 e. The van der Waals surface area contributed by atoms with Crippen LogP contribution >= 0.6 is 23.2 Å². The number of benzene rings is 2. The number of methoxy groups -OCH3 is 1.